The molecule has 0 N–H and O–H groups in total. The van der Waals surface area contributed by atoms with E-state index in [1.807, 2.05) is 0 Å². The zero-order chi connectivity index (χ0) is 12.1. The number of benzene rings is 1. The van der Waals surface area contributed by atoms with Crippen molar-refractivity contribution < 1.29 is 0 Å². The molecule has 3 rings (SSSR count). The highest BCUT2D eigenvalue weighted by Gasteiger charge is 2.11. The molecule has 1 aliphatic carbocycles. The van der Waals surface area contributed by atoms with Gasteiger partial charge in [-0.05, 0) is 24.5 Å². The Morgan fingerprint density at radius 1 is 1.12 bits per heavy atom. The maximum atomic E-state index is 5.53. The molecule has 0 bridgehead atoms. The van der Waals surface area contributed by atoms with E-state index in [1.54, 1.807) is 0 Å². The van der Waals surface area contributed by atoms with Gasteiger partial charge < -0.3 is 4.90 Å². The van der Waals surface area contributed by atoms with Gasteiger partial charge in [0.1, 0.15) is 0 Å². The normalized spacial score (nSPS) is 19.5. The van der Waals surface area contributed by atoms with Crippen LogP contribution in [0.5, 0.6) is 0 Å². The van der Waals surface area contributed by atoms with Crippen LogP contribution >= 0.6 is 0 Å². The molecular formula is C15H22BN. The minimum absolute atomic E-state index is 0.546. The van der Waals surface area contributed by atoms with E-state index in [0.717, 1.165) is 0 Å². The highest BCUT2D eigenvalue weighted by atomic mass is 15.1. The average Bonchev–Trinajstić information content (AvgIpc) is 2.82. The molecule has 1 heterocycles. The van der Waals surface area contributed by atoms with Crippen LogP contribution in [0.15, 0.2) is 24.3 Å². The zero-order valence-corrected chi connectivity index (χ0v) is 10.9. The quantitative estimate of drug-likeness (QED) is 0.612. The molecule has 1 saturated carbocycles. The molecule has 2 aliphatic rings. The van der Waals surface area contributed by atoms with Gasteiger partial charge in [0.05, 0.1) is 7.85 Å². The first-order chi connectivity index (χ1) is 8.27. The van der Waals surface area contributed by atoms with E-state index in [-0.39, 0.29) is 0 Å². The van der Waals surface area contributed by atoms with Crippen molar-refractivity contribution in [2.24, 2.45) is 0 Å². The summed E-state index contributed by atoms with van der Waals surface area (Å²) in [5.74, 6) is 0.546. The van der Waals surface area contributed by atoms with E-state index in [9.17, 15) is 0 Å². The lowest BCUT2D eigenvalue weighted by molar-refractivity contribution is 0.744. The van der Waals surface area contributed by atoms with Crippen molar-refractivity contribution >= 4 is 13.5 Å². The van der Waals surface area contributed by atoms with Crippen molar-refractivity contribution in [1.82, 2.24) is 0 Å². The summed E-state index contributed by atoms with van der Waals surface area (Å²) in [7, 11) is 7.70. The molecule has 0 unspecified atom stereocenters. The molecule has 2 heteroatoms. The van der Waals surface area contributed by atoms with E-state index in [0.29, 0.717) is 5.82 Å². The highest BCUT2D eigenvalue weighted by Crippen LogP contribution is 2.26. The second-order valence-electron chi connectivity index (χ2n) is 5.20. The van der Waals surface area contributed by atoms with Gasteiger partial charge in [0.15, 0.2) is 0 Å². The molecule has 0 saturated heterocycles. The number of aryl methyl sites for hydroxylation is 1. The summed E-state index contributed by atoms with van der Waals surface area (Å²) >= 11 is 0. The molecule has 1 aromatic rings. The van der Waals surface area contributed by atoms with E-state index < -0.39 is 0 Å². The second-order valence-corrected chi connectivity index (χ2v) is 5.20. The van der Waals surface area contributed by atoms with Crippen LogP contribution in [-0.2, 0) is 6.42 Å². The smallest absolute Gasteiger partial charge is 0.0699 e. The standard InChI is InChI=1S/C10H13N.C5H9B/c1-11-8-4-6-9-5-2-3-7-10(9)11;6-5-3-1-2-4-5/h2-3,5,7H,4,6,8H2,1H3;5H,1-4H2. The molecular weight excluding hydrogens is 205 g/mol. The van der Waals surface area contributed by atoms with Gasteiger partial charge >= 0.3 is 0 Å². The fourth-order valence-electron chi connectivity index (χ4n) is 2.68. The maximum Gasteiger partial charge on any atom is 0.0699 e. The van der Waals surface area contributed by atoms with Crippen LogP contribution in [0.2, 0.25) is 5.82 Å². The molecule has 1 aromatic carbocycles. The van der Waals surface area contributed by atoms with Gasteiger partial charge in [-0.2, -0.15) is 0 Å². The lowest BCUT2D eigenvalue weighted by Gasteiger charge is -2.26. The second kappa shape index (κ2) is 6.14. The van der Waals surface area contributed by atoms with Crippen LogP contribution in [-0.4, -0.2) is 21.4 Å². The summed E-state index contributed by atoms with van der Waals surface area (Å²) < 4.78 is 0. The van der Waals surface area contributed by atoms with Crippen LogP contribution < -0.4 is 4.90 Å². The Hall–Kier alpha value is -0.915. The number of fused-ring (bicyclic) bond motifs is 1. The highest BCUT2D eigenvalue weighted by molar-refractivity contribution is 6.11. The monoisotopic (exact) mass is 227 g/mol. The largest absolute Gasteiger partial charge is 0.374 e. The topological polar surface area (TPSA) is 3.24 Å². The van der Waals surface area contributed by atoms with Gasteiger partial charge in [0.25, 0.3) is 0 Å². The number of para-hydroxylation sites is 1. The van der Waals surface area contributed by atoms with Crippen LogP contribution in [0.1, 0.15) is 37.7 Å². The van der Waals surface area contributed by atoms with Gasteiger partial charge in [0.2, 0.25) is 0 Å². The molecule has 1 aliphatic heterocycles. The first-order valence-corrected chi connectivity index (χ1v) is 6.82. The molecule has 0 aromatic heterocycles. The minimum atomic E-state index is 0.546. The predicted molar refractivity (Wildman–Crippen MR) is 76.0 cm³/mol. The fourth-order valence-corrected chi connectivity index (χ4v) is 2.68. The first kappa shape index (κ1) is 12.5. The number of hydrogen-bond acceptors (Lipinski definition) is 1. The van der Waals surface area contributed by atoms with E-state index in [2.05, 4.69) is 36.2 Å². The number of rotatable bonds is 0. The van der Waals surface area contributed by atoms with E-state index in [1.165, 1.54) is 56.3 Å². The van der Waals surface area contributed by atoms with Gasteiger partial charge in [-0.1, -0.05) is 49.7 Å². The summed E-state index contributed by atoms with van der Waals surface area (Å²) in [5, 5.41) is 0. The van der Waals surface area contributed by atoms with Crippen molar-refractivity contribution in [2.45, 2.75) is 44.3 Å². The molecule has 1 fully saturated rings. The van der Waals surface area contributed by atoms with Crippen LogP contribution in [0, 0.1) is 0 Å². The number of nitrogens with zero attached hydrogens (tertiary/aromatic N) is 1. The molecule has 1 nitrogen and oxygen atoms in total. The van der Waals surface area contributed by atoms with Crippen molar-refractivity contribution in [3.63, 3.8) is 0 Å². The van der Waals surface area contributed by atoms with Crippen molar-refractivity contribution in [1.29, 1.82) is 0 Å². The van der Waals surface area contributed by atoms with Gasteiger partial charge in [-0.3, -0.25) is 0 Å². The first-order valence-electron chi connectivity index (χ1n) is 6.82. The summed E-state index contributed by atoms with van der Waals surface area (Å²) in [6, 6.07) is 8.66. The molecule has 2 radical (unpaired) electrons. The minimum Gasteiger partial charge on any atom is -0.374 e. The van der Waals surface area contributed by atoms with Crippen molar-refractivity contribution in [3.05, 3.63) is 29.8 Å². The maximum absolute atomic E-state index is 5.53. The van der Waals surface area contributed by atoms with E-state index in [4.69, 9.17) is 7.85 Å². The Labute approximate surface area is 107 Å². The van der Waals surface area contributed by atoms with Crippen molar-refractivity contribution in [2.75, 3.05) is 18.5 Å². The van der Waals surface area contributed by atoms with Crippen LogP contribution in [0.3, 0.4) is 0 Å². The Balaban J connectivity index is 0.000000153. The van der Waals surface area contributed by atoms with Gasteiger partial charge in [0, 0.05) is 19.3 Å². The Kier molecular flexibility index (Phi) is 4.53. The van der Waals surface area contributed by atoms with E-state index >= 15 is 0 Å². The van der Waals surface area contributed by atoms with Crippen LogP contribution in [0.25, 0.3) is 0 Å². The summed E-state index contributed by atoms with van der Waals surface area (Å²) in [4.78, 5) is 2.33. The molecule has 0 amide bonds. The summed E-state index contributed by atoms with van der Waals surface area (Å²) in [6.45, 7) is 1.21. The lowest BCUT2D eigenvalue weighted by Crippen LogP contribution is -2.24. The molecule has 0 spiro atoms. The van der Waals surface area contributed by atoms with Crippen LogP contribution in [0.4, 0.5) is 5.69 Å². The van der Waals surface area contributed by atoms with Gasteiger partial charge in [-0.15, -0.1) is 0 Å². The third-order valence-corrected chi connectivity index (χ3v) is 3.74. The Bertz CT molecular complexity index is 345. The Morgan fingerprint density at radius 3 is 2.41 bits per heavy atom. The van der Waals surface area contributed by atoms with Gasteiger partial charge in [-0.25, -0.2) is 0 Å². The SMILES string of the molecule is CN1CCCc2ccccc21.[B]C1CCCC1. The average molecular weight is 227 g/mol. The molecule has 0 atom stereocenters. The molecule has 17 heavy (non-hydrogen) atoms. The third-order valence-electron chi connectivity index (χ3n) is 3.74. The summed E-state index contributed by atoms with van der Waals surface area (Å²) in [6.07, 6.45) is 7.80. The zero-order valence-electron chi connectivity index (χ0n) is 10.9. The Morgan fingerprint density at radius 2 is 1.82 bits per heavy atom. The number of hydrogen-bond donors (Lipinski definition) is 0. The lowest BCUT2D eigenvalue weighted by atomic mass is 9.86. The molecule has 90 valence electrons. The van der Waals surface area contributed by atoms with Crippen molar-refractivity contribution in [3.8, 4) is 0 Å². The number of anilines is 1. The predicted octanol–water partition coefficient (Wildman–Crippen LogP) is 3.59. The fraction of sp³-hybridized carbons (Fsp3) is 0.600. The third kappa shape index (κ3) is 3.52. The summed E-state index contributed by atoms with van der Waals surface area (Å²) in [5.41, 5.74) is 2.92.